The van der Waals surface area contributed by atoms with E-state index in [1.807, 2.05) is 12.1 Å². The van der Waals surface area contributed by atoms with Crippen molar-refractivity contribution in [2.75, 3.05) is 0 Å². The SMILES string of the molecule is O=Cc1ccc(-c2nc3c(cc4c5c(ccc(C=O)c53)CC4)s2)o1. The van der Waals surface area contributed by atoms with Crippen LogP contribution in [0.15, 0.2) is 34.7 Å². The highest BCUT2D eigenvalue weighted by Crippen LogP contribution is 2.41. The van der Waals surface area contributed by atoms with E-state index in [2.05, 4.69) is 6.07 Å². The fraction of sp³-hybridized carbons (Fsp3) is 0.105. The summed E-state index contributed by atoms with van der Waals surface area (Å²) in [6.07, 6.45) is 3.58. The maximum Gasteiger partial charge on any atom is 0.185 e. The van der Waals surface area contributed by atoms with Crippen molar-refractivity contribution in [2.24, 2.45) is 0 Å². The second kappa shape index (κ2) is 4.85. The fourth-order valence-electron chi connectivity index (χ4n) is 3.53. The second-order valence-electron chi connectivity index (χ2n) is 5.90. The Morgan fingerprint density at radius 2 is 1.88 bits per heavy atom. The van der Waals surface area contributed by atoms with Gasteiger partial charge in [0.05, 0.1) is 10.2 Å². The Morgan fingerprint density at radius 1 is 1.00 bits per heavy atom. The third kappa shape index (κ3) is 1.76. The van der Waals surface area contributed by atoms with E-state index in [1.54, 1.807) is 12.1 Å². The van der Waals surface area contributed by atoms with Crippen LogP contribution in [-0.4, -0.2) is 17.6 Å². The molecule has 0 spiro atoms. The molecule has 5 rings (SSSR count). The van der Waals surface area contributed by atoms with E-state index in [0.29, 0.717) is 17.6 Å². The van der Waals surface area contributed by atoms with Crippen LogP contribution in [0.1, 0.15) is 32.0 Å². The molecule has 2 aromatic heterocycles. The number of rotatable bonds is 3. The van der Waals surface area contributed by atoms with Crippen LogP contribution in [-0.2, 0) is 12.8 Å². The number of carbonyl (C=O) groups is 2. The molecule has 0 unspecified atom stereocenters. The van der Waals surface area contributed by atoms with E-state index in [-0.39, 0.29) is 5.76 Å². The van der Waals surface area contributed by atoms with Gasteiger partial charge >= 0.3 is 0 Å². The maximum atomic E-state index is 11.5. The Bertz CT molecular complexity index is 1150. The van der Waals surface area contributed by atoms with Gasteiger partial charge < -0.3 is 4.42 Å². The Hall–Kier alpha value is -2.79. The first-order valence-corrected chi connectivity index (χ1v) is 8.48. The van der Waals surface area contributed by atoms with Crippen LogP contribution >= 0.6 is 11.3 Å². The largest absolute Gasteiger partial charge is 0.451 e. The summed E-state index contributed by atoms with van der Waals surface area (Å²) in [5, 5.41) is 2.84. The zero-order valence-electron chi connectivity index (χ0n) is 12.5. The number of hydrogen-bond donors (Lipinski definition) is 0. The molecule has 1 aliphatic rings. The van der Waals surface area contributed by atoms with Gasteiger partial charge in [-0.05, 0) is 47.6 Å². The van der Waals surface area contributed by atoms with Crippen molar-refractivity contribution in [3.05, 3.63) is 52.8 Å². The van der Waals surface area contributed by atoms with Gasteiger partial charge in [-0.1, -0.05) is 12.1 Å². The highest BCUT2D eigenvalue weighted by atomic mass is 32.1. The van der Waals surface area contributed by atoms with Crippen LogP contribution in [0.4, 0.5) is 0 Å². The van der Waals surface area contributed by atoms with Gasteiger partial charge in [-0.2, -0.15) is 0 Å². The normalized spacial score (nSPS) is 13.0. The fourth-order valence-corrected chi connectivity index (χ4v) is 4.53. The van der Waals surface area contributed by atoms with Gasteiger partial charge in [-0.25, -0.2) is 4.98 Å². The maximum absolute atomic E-state index is 11.5. The molecule has 0 bridgehead atoms. The van der Waals surface area contributed by atoms with Crippen LogP contribution in [0.3, 0.4) is 0 Å². The number of fused-ring (bicyclic) bond motifs is 2. The lowest BCUT2D eigenvalue weighted by molar-refractivity contribution is 0.109. The van der Waals surface area contributed by atoms with E-state index in [0.717, 1.165) is 39.7 Å². The van der Waals surface area contributed by atoms with Crippen LogP contribution < -0.4 is 0 Å². The molecule has 116 valence electrons. The van der Waals surface area contributed by atoms with E-state index in [4.69, 9.17) is 9.40 Å². The Labute approximate surface area is 140 Å². The summed E-state index contributed by atoms with van der Waals surface area (Å²) in [6, 6.07) is 9.49. The molecule has 4 aromatic rings. The van der Waals surface area contributed by atoms with Crippen molar-refractivity contribution in [3.8, 4) is 10.8 Å². The number of aldehydes is 2. The predicted octanol–water partition coefficient (Wildman–Crippen LogP) is 4.43. The first kappa shape index (κ1) is 13.6. The lowest BCUT2D eigenvalue weighted by Gasteiger charge is -2.05. The van der Waals surface area contributed by atoms with Crippen molar-refractivity contribution < 1.29 is 14.0 Å². The van der Waals surface area contributed by atoms with Crippen molar-refractivity contribution >= 4 is 44.9 Å². The standard InChI is InChI=1S/C19H11NO3S/c21-8-12-4-2-10-1-3-11-7-15-18(17(12)16(10)11)20-19(24-15)14-6-5-13(9-22)23-14/h2,4-9H,1,3H2. The molecule has 0 fully saturated rings. The lowest BCUT2D eigenvalue weighted by atomic mass is 9.99. The second-order valence-corrected chi connectivity index (χ2v) is 6.93. The van der Waals surface area contributed by atoms with Crippen LogP contribution in [0.25, 0.3) is 31.8 Å². The molecule has 0 aliphatic heterocycles. The van der Waals surface area contributed by atoms with Crippen molar-refractivity contribution in [3.63, 3.8) is 0 Å². The average molecular weight is 333 g/mol. The molecule has 0 atom stereocenters. The topological polar surface area (TPSA) is 60.2 Å². The van der Waals surface area contributed by atoms with Crippen molar-refractivity contribution in [1.82, 2.24) is 4.98 Å². The number of furan rings is 1. The highest BCUT2D eigenvalue weighted by molar-refractivity contribution is 7.21. The molecule has 2 aromatic carbocycles. The third-order valence-electron chi connectivity index (χ3n) is 4.58. The molecule has 2 heterocycles. The van der Waals surface area contributed by atoms with E-state index < -0.39 is 0 Å². The van der Waals surface area contributed by atoms with Crippen LogP contribution in [0, 0.1) is 0 Å². The Kier molecular flexibility index (Phi) is 2.76. The number of benzene rings is 2. The summed E-state index contributed by atoms with van der Waals surface area (Å²) >= 11 is 1.52. The predicted molar refractivity (Wildman–Crippen MR) is 93.0 cm³/mol. The molecular weight excluding hydrogens is 322 g/mol. The van der Waals surface area contributed by atoms with Gasteiger partial charge in [0.2, 0.25) is 0 Å². The zero-order chi connectivity index (χ0) is 16.3. The van der Waals surface area contributed by atoms with E-state index in [1.165, 1.54) is 27.8 Å². The molecule has 0 saturated heterocycles. The van der Waals surface area contributed by atoms with Gasteiger partial charge in [0.15, 0.2) is 29.1 Å². The average Bonchev–Trinajstić information content (AvgIpc) is 3.33. The molecule has 4 nitrogen and oxygen atoms in total. The minimum Gasteiger partial charge on any atom is -0.451 e. The van der Waals surface area contributed by atoms with Gasteiger partial charge in [-0.15, -0.1) is 11.3 Å². The lowest BCUT2D eigenvalue weighted by Crippen LogP contribution is -1.88. The molecule has 24 heavy (non-hydrogen) atoms. The van der Waals surface area contributed by atoms with Crippen molar-refractivity contribution in [1.29, 1.82) is 0 Å². The molecule has 1 aliphatic carbocycles. The van der Waals surface area contributed by atoms with E-state index in [9.17, 15) is 9.59 Å². The summed E-state index contributed by atoms with van der Waals surface area (Å²) < 4.78 is 6.54. The summed E-state index contributed by atoms with van der Waals surface area (Å²) in [5.41, 5.74) is 4.07. The summed E-state index contributed by atoms with van der Waals surface area (Å²) in [7, 11) is 0. The zero-order valence-corrected chi connectivity index (χ0v) is 13.4. The summed E-state index contributed by atoms with van der Waals surface area (Å²) in [6.45, 7) is 0. The number of thiazole rings is 1. The number of hydrogen-bond acceptors (Lipinski definition) is 5. The highest BCUT2D eigenvalue weighted by Gasteiger charge is 2.21. The molecule has 5 heteroatoms. The van der Waals surface area contributed by atoms with Crippen LogP contribution in [0.5, 0.6) is 0 Å². The number of carbonyl (C=O) groups excluding carboxylic acids is 2. The van der Waals surface area contributed by atoms with Gasteiger partial charge in [-0.3, -0.25) is 9.59 Å². The molecule has 0 N–H and O–H groups in total. The number of aryl methyl sites for hydroxylation is 2. The molecular formula is C19H11NO3S. The Morgan fingerprint density at radius 3 is 2.67 bits per heavy atom. The minimum atomic E-state index is 0.284. The monoisotopic (exact) mass is 333 g/mol. The molecule has 0 amide bonds. The quantitative estimate of drug-likeness (QED) is 0.520. The molecule has 0 radical (unpaired) electrons. The van der Waals surface area contributed by atoms with Gasteiger partial charge in [0, 0.05) is 10.9 Å². The number of aromatic nitrogens is 1. The first-order valence-electron chi connectivity index (χ1n) is 7.67. The summed E-state index contributed by atoms with van der Waals surface area (Å²) in [4.78, 5) is 27.1. The van der Waals surface area contributed by atoms with Gasteiger partial charge in [0.25, 0.3) is 0 Å². The number of nitrogens with zero attached hydrogens (tertiary/aromatic N) is 1. The van der Waals surface area contributed by atoms with Crippen molar-refractivity contribution in [2.45, 2.75) is 12.8 Å². The summed E-state index contributed by atoms with van der Waals surface area (Å²) in [5.74, 6) is 0.862. The van der Waals surface area contributed by atoms with Gasteiger partial charge in [0.1, 0.15) is 0 Å². The third-order valence-corrected chi connectivity index (χ3v) is 5.60. The molecule has 0 saturated carbocycles. The first-order chi connectivity index (χ1) is 11.8. The van der Waals surface area contributed by atoms with Crippen LogP contribution in [0.2, 0.25) is 0 Å². The minimum absolute atomic E-state index is 0.284. The Balaban J connectivity index is 1.87. The smallest absolute Gasteiger partial charge is 0.185 e. The van der Waals surface area contributed by atoms with E-state index >= 15 is 0 Å².